The summed E-state index contributed by atoms with van der Waals surface area (Å²) >= 11 is 0. The lowest BCUT2D eigenvalue weighted by Gasteiger charge is -2.43. The average molecular weight is 430 g/mol. The van der Waals surface area contributed by atoms with Crippen LogP contribution < -0.4 is 0 Å². The summed E-state index contributed by atoms with van der Waals surface area (Å²) in [7, 11) is 0. The van der Waals surface area contributed by atoms with Gasteiger partial charge in [-0.15, -0.1) is 0 Å². The number of ether oxygens (including phenoxy) is 1. The van der Waals surface area contributed by atoms with E-state index in [9.17, 15) is 49.4 Å². The Morgan fingerprint density at radius 3 is 1.79 bits per heavy atom. The average Bonchev–Trinajstić information content (AvgIpc) is 3.02. The van der Waals surface area contributed by atoms with E-state index in [-0.39, 0.29) is 19.3 Å². The molecule has 6 atom stereocenters. The SMILES string of the molecule is CC1C2CC(C1C)C(C(=O)OC(C)C(O)(C(F)(F)F)C(F)(F)F)(C(F)(F)F)C2. The minimum atomic E-state index is -6.33. The van der Waals surface area contributed by atoms with Crippen molar-refractivity contribution in [2.75, 3.05) is 0 Å². The Hall–Kier alpha value is -1.20. The smallest absolute Gasteiger partial charge is 0.430 e. The zero-order valence-corrected chi connectivity index (χ0v) is 15.0. The van der Waals surface area contributed by atoms with Gasteiger partial charge in [-0.2, -0.15) is 39.5 Å². The molecule has 2 bridgehead atoms. The van der Waals surface area contributed by atoms with Crippen LogP contribution >= 0.6 is 0 Å². The van der Waals surface area contributed by atoms with Crippen LogP contribution in [0.4, 0.5) is 39.5 Å². The highest BCUT2D eigenvalue weighted by Gasteiger charge is 2.77. The standard InChI is InChI=1S/C16H19F9O3/c1-6-7(2)10-4-9(6)5-12(10,14(17,18)19)11(26)28-8(3)13(27,15(20,21)22)16(23,24)25/h6-10,27H,4-5H2,1-3H3. The summed E-state index contributed by atoms with van der Waals surface area (Å²) in [5.41, 5.74) is -8.70. The minimum Gasteiger partial charge on any atom is -0.458 e. The van der Waals surface area contributed by atoms with Crippen molar-refractivity contribution < 1.29 is 54.2 Å². The molecule has 0 saturated heterocycles. The van der Waals surface area contributed by atoms with Crippen molar-refractivity contribution in [3.8, 4) is 0 Å². The van der Waals surface area contributed by atoms with Crippen molar-refractivity contribution in [3.05, 3.63) is 0 Å². The minimum absolute atomic E-state index is 0.0336. The number of carbonyl (C=O) groups is 1. The normalized spacial score (nSPS) is 35.2. The lowest BCUT2D eigenvalue weighted by atomic mass is 9.65. The number of hydrogen-bond acceptors (Lipinski definition) is 3. The molecule has 0 aromatic heterocycles. The molecule has 0 heterocycles. The predicted octanol–water partition coefficient (Wildman–Crippen LogP) is 4.63. The third kappa shape index (κ3) is 2.97. The summed E-state index contributed by atoms with van der Waals surface area (Å²) in [5.74, 6) is -4.92. The van der Waals surface area contributed by atoms with E-state index in [2.05, 4.69) is 4.74 Å². The summed E-state index contributed by atoms with van der Waals surface area (Å²) in [5, 5.41) is 9.25. The van der Waals surface area contributed by atoms with E-state index >= 15 is 0 Å². The van der Waals surface area contributed by atoms with Crippen LogP contribution in [-0.2, 0) is 9.53 Å². The second-order valence-corrected chi connectivity index (χ2v) is 7.80. The van der Waals surface area contributed by atoms with Crippen molar-refractivity contribution in [3.63, 3.8) is 0 Å². The van der Waals surface area contributed by atoms with Crippen LogP contribution in [0.25, 0.3) is 0 Å². The number of hydrogen-bond donors (Lipinski definition) is 1. The van der Waals surface area contributed by atoms with Gasteiger partial charge in [0.05, 0.1) is 0 Å². The van der Waals surface area contributed by atoms with E-state index in [1.807, 2.05) is 0 Å². The second-order valence-electron chi connectivity index (χ2n) is 7.80. The zero-order valence-electron chi connectivity index (χ0n) is 15.0. The molecule has 3 nitrogen and oxygen atoms in total. The Kier molecular flexibility index (Phi) is 5.27. The highest BCUT2D eigenvalue weighted by Crippen LogP contribution is 2.66. The molecule has 2 saturated carbocycles. The van der Waals surface area contributed by atoms with Crippen LogP contribution in [0.3, 0.4) is 0 Å². The van der Waals surface area contributed by atoms with E-state index < -0.39 is 65.8 Å². The third-order valence-electron chi connectivity index (χ3n) is 6.59. The van der Waals surface area contributed by atoms with Crippen LogP contribution in [0, 0.1) is 29.1 Å². The van der Waals surface area contributed by atoms with Crippen molar-refractivity contribution in [1.29, 1.82) is 0 Å². The summed E-state index contributed by atoms with van der Waals surface area (Å²) in [6.07, 6.45) is -22.0. The number of esters is 1. The molecule has 2 aliphatic carbocycles. The molecule has 164 valence electrons. The number of aliphatic hydroxyl groups is 1. The molecule has 2 rings (SSSR count). The van der Waals surface area contributed by atoms with Gasteiger partial charge in [0, 0.05) is 0 Å². The Labute approximate surface area is 154 Å². The van der Waals surface area contributed by atoms with E-state index in [1.54, 1.807) is 6.92 Å². The molecule has 0 spiro atoms. The van der Waals surface area contributed by atoms with Crippen LogP contribution in [0.15, 0.2) is 0 Å². The summed E-state index contributed by atoms with van der Waals surface area (Å²) < 4.78 is 123. The lowest BCUT2D eigenvalue weighted by molar-refractivity contribution is -0.390. The highest BCUT2D eigenvalue weighted by molar-refractivity contribution is 5.79. The number of alkyl halides is 9. The first-order valence-corrected chi connectivity index (χ1v) is 8.46. The summed E-state index contributed by atoms with van der Waals surface area (Å²) in [6, 6.07) is 0. The van der Waals surface area contributed by atoms with Crippen LogP contribution in [0.1, 0.15) is 33.6 Å². The first kappa shape index (κ1) is 23.1. The largest absolute Gasteiger partial charge is 0.458 e. The first-order chi connectivity index (χ1) is 12.3. The second kappa shape index (κ2) is 6.40. The zero-order chi connectivity index (χ0) is 22.1. The first-order valence-electron chi connectivity index (χ1n) is 8.46. The maximum Gasteiger partial charge on any atom is 0.430 e. The summed E-state index contributed by atoms with van der Waals surface area (Å²) in [4.78, 5) is 12.4. The molecule has 2 fully saturated rings. The van der Waals surface area contributed by atoms with E-state index in [1.165, 1.54) is 6.92 Å². The van der Waals surface area contributed by atoms with Crippen LogP contribution in [-0.4, -0.2) is 41.3 Å². The van der Waals surface area contributed by atoms with Gasteiger partial charge in [-0.25, -0.2) is 0 Å². The molecule has 12 heteroatoms. The van der Waals surface area contributed by atoms with Gasteiger partial charge < -0.3 is 9.84 Å². The topological polar surface area (TPSA) is 46.5 Å². The quantitative estimate of drug-likeness (QED) is 0.525. The Morgan fingerprint density at radius 1 is 1.00 bits per heavy atom. The molecule has 0 aromatic carbocycles. The molecule has 0 radical (unpaired) electrons. The van der Waals surface area contributed by atoms with E-state index in [0.29, 0.717) is 0 Å². The monoisotopic (exact) mass is 430 g/mol. The Bertz CT molecular complexity index is 608. The van der Waals surface area contributed by atoms with E-state index in [4.69, 9.17) is 0 Å². The molecule has 0 aromatic rings. The van der Waals surface area contributed by atoms with Gasteiger partial charge in [0.25, 0.3) is 5.60 Å². The van der Waals surface area contributed by atoms with E-state index in [0.717, 1.165) is 0 Å². The fourth-order valence-corrected chi connectivity index (χ4v) is 4.68. The fraction of sp³-hybridized carbons (Fsp3) is 0.938. The highest BCUT2D eigenvalue weighted by atomic mass is 19.4. The number of halogens is 9. The van der Waals surface area contributed by atoms with Crippen molar-refractivity contribution in [2.45, 2.75) is 63.8 Å². The van der Waals surface area contributed by atoms with Crippen molar-refractivity contribution >= 4 is 5.97 Å². The molecule has 6 unspecified atom stereocenters. The van der Waals surface area contributed by atoms with Gasteiger partial charge >= 0.3 is 24.5 Å². The third-order valence-corrected chi connectivity index (χ3v) is 6.59. The van der Waals surface area contributed by atoms with Gasteiger partial charge in [0.2, 0.25) is 0 Å². The van der Waals surface area contributed by atoms with Crippen molar-refractivity contribution in [1.82, 2.24) is 0 Å². The molecular formula is C16H19F9O3. The molecule has 0 amide bonds. The van der Waals surface area contributed by atoms with Gasteiger partial charge in [-0.05, 0) is 43.4 Å². The fourth-order valence-electron chi connectivity index (χ4n) is 4.68. The number of rotatable bonds is 3. The van der Waals surface area contributed by atoms with Gasteiger partial charge in [0.1, 0.15) is 6.10 Å². The molecule has 0 aliphatic heterocycles. The number of fused-ring (bicyclic) bond motifs is 2. The molecule has 2 aliphatic rings. The lowest BCUT2D eigenvalue weighted by Crippen LogP contribution is -2.65. The molecule has 1 N–H and O–H groups in total. The van der Waals surface area contributed by atoms with Gasteiger partial charge in [-0.3, -0.25) is 4.79 Å². The van der Waals surface area contributed by atoms with Gasteiger partial charge in [0.15, 0.2) is 5.41 Å². The molecule has 28 heavy (non-hydrogen) atoms. The molecular weight excluding hydrogens is 411 g/mol. The van der Waals surface area contributed by atoms with Crippen LogP contribution in [0.5, 0.6) is 0 Å². The number of carbonyl (C=O) groups excluding carboxylic acids is 1. The maximum atomic E-state index is 13.8. The van der Waals surface area contributed by atoms with Gasteiger partial charge in [-0.1, -0.05) is 13.8 Å². The predicted molar refractivity (Wildman–Crippen MR) is 75.6 cm³/mol. The Balaban J connectivity index is 2.41. The maximum absolute atomic E-state index is 13.8. The van der Waals surface area contributed by atoms with Crippen molar-refractivity contribution in [2.24, 2.45) is 29.1 Å². The Morgan fingerprint density at radius 2 is 1.46 bits per heavy atom. The van der Waals surface area contributed by atoms with Crippen LogP contribution in [0.2, 0.25) is 0 Å². The summed E-state index contributed by atoms with van der Waals surface area (Å²) in [6.45, 7) is 3.20.